The molecular formula is C26H28N8O2. The van der Waals surface area contributed by atoms with Gasteiger partial charge in [-0.25, -0.2) is 4.98 Å². The summed E-state index contributed by atoms with van der Waals surface area (Å²) in [6, 6.07) is 7.74. The molecule has 0 saturated carbocycles. The van der Waals surface area contributed by atoms with E-state index in [0.29, 0.717) is 19.6 Å². The van der Waals surface area contributed by atoms with E-state index >= 15 is 0 Å². The van der Waals surface area contributed by atoms with Crippen LogP contribution in [0.4, 0.5) is 0 Å². The Labute approximate surface area is 208 Å². The van der Waals surface area contributed by atoms with Gasteiger partial charge in [0.1, 0.15) is 11.7 Å². The molecule has 4 aromatic heterocycles. The van der Waals surface area contributed by atoms with E-state index in [1.807, 2.05) is 35.5 Å². The Bertz CT molecular complexity index is 1450. The van der Waals surface area contributed by atoms with Crippen LogP contribution in [0.1, 0.15) is 18.5 Å². The van der Waals surface area contributed by atoms with Crippen LogP contribution >= 0.6 is 0 Å². The van der Waals surface area contributed by atoms with Gasteiger partial charge in [0.25, 0.3) is 0 Å². The van der Waals surface area contributed by atoms with E-state index < -0.39 is 0 Å². The van der Waals surface area contributed by atoms with Crippen LogP contribution in [0, 0.1) is 0 Å². The Morgan fingerprint density at radius 1 is 1.08 bits per heavy atom. The number of rotatable bonds is 5. The summed E-state index contributed by atoms with van der Waals surface area (Å²) in [4.78, 5) is 39.1. The summed E-state index contributed by atoms with van der Waals surface area (Å²) in [7, 11) is 0. The minimum absolute atomic E-state index is 0.0599. The first-order valence-corrected chi connectivity index (χ1v) is 12.3. The van der Waals surface area contributed by atoms with Gasteiger partial charge in [0.05, 0.1) is 11.7 Å². The van der Waals surface area contributed by atoms with Gasteiger partial charge in [0, 0.05) is 68.3 Å². The molecule has 1 unspecified atom stereocenters. The average molecular weight is 485 g/mol. The van der Waals surface area contributed by atoms with Crippen molar-refractivity contribution in [2.45, 2.75) is 25.4 Å². The van der Waals surface area contributed by atoms with Crippen LogP contribution in [-0.2, 0) is 16.1 Å². The number of nitrogens with zero attached hydrogens (tertiary/aromatic N) is 7. The van der Waals surface area contributed by atoms with Gasteiger partial charge in [-0.2, -0.15) is 14.8 Å². The number of piperazine rings is 1. The molecule has 0 radical (unpaired) electrons. The Kier molecular flexibility index (Phi) is 5.73. The van der Waals surface area contributed by atoms with Gasteiger partial charge in [-0.3, -0.25) is 14.5 Å². The van der Waals surface area contributed by atoms with Crippen LogP contribution in [0.25, 0.3) is 27.7 Å². The second-order valence-electron chi connectivity index (χ2n) is 9.37. The van der Waals surface area contributed by atoms with Crippen molar-refractivity contribution in [1.29, 1.82) is 0 Å². The summed E-state index contributed by atoms with van der Waals surface area (Å²) in [5.74, 6) is -0.0960. The highest BCUT2D eigenvalue weighted by Crippen LogP contribution is 2.31. The van der Waals surface area contributed by atoms with Gasteiger partial charge in [0.15, 0.2) is 0 Å². The predicted octanol–water partition coefficient (Wildman–Crippen LogP) is 2.09. The normalized spacial score (nSPS) is 18.8. The minimum atomic E-state index is -0.352. The van der Waals surface area contributed by atoms with Crippen LogP contribution in [0.2, 0.25) is 0 Å². The number of aromatic nitrogens is 5. The van der Waals surface area contributed by atoms with Crippen LogP contribution in [0.5, 0.6) is 0 Å². The smallest absolute Gasteiger partial charge is 0.246 e. The zero-order valence-corrected chi connectivity index (χ0v) is 20.0. The van der Waals surface area contributed by atoms with Gasteiger partial charge >= 0.3 is 0 Å². The Morgan fingerprint density at radius 3 is 2.78 bits per heavy atom. The number of carbonyl (C=O) groups excluding carboxylic acids is 2. The van der Waals surface area contributed by atoms with E-state index in [1.54, 1.807) is 15.7 Å². The quantitative estimate of drug-likeness (QED) is 0.435. The zero-order chi connectivity index (χ0) is 24.6. The monoisotopic (exact) mass is 484 g/mol. The molecule has 2 aliphatic rings. The molecule has 2 fully saturated rings. The minimum Gasteiger partial charge on any atom is -0.342 e. The number of hydrogen-bond donors (Lipinski definition) is 1. The molecule has 4 aromatic rings. The first kappa shape index (κ1) is 22.4. The molecule has 0 aliphatic carbocycles. The molecule has 6 heterocycles. The summed E-state index contributed by atoms with van der Waals surface area (Å²) in [6.45, 7) is 7.83. The highest BCUT2D eigenvalue weighted by molar-refractivity contribution is 5.97. The van der Waals surface area contributed by atoms with E-state index in [1.165, 1.54) is 6.08 Å². The first-order chi connectivity index (χ1) is 17.6. The van der Waals surface area contributed by atoms with Gasteiger partial charge in [-0.15, -0.1) is 0 Å². The van der Waals surface area contributed by atoms with E-state index in [2.05, 4.69) is 37.7 Å². The van der Waals surface area contributed by atoms with Gasteiger partial charge < -0.3 is 14.8 Å². The van der Waals surface area contributed by atoms with E-state index in [0.717, 1.165) is 65.8 Å². The van der Waals surface area contributed by atoms with Crippen molar-refractivity contribution < 1.29 is 9.59 Å². The number of likely N-dealkylation sites (tertiary alicyclic amines) is 1. The molecule has 2 amide bonds. The van der Waals surface area contributed by atoms with Gasteiger partial charge in [-0.05, 0) is 48.7 Å². The van der Waals surface area contributed by atoms with Crippen molar-refractivity contribution in [2.24, 2.45) is 0 Å². The lowest BCUT2D eigenvalue weighted by Gasteiger charge is -2.37. The van der Waals surface area contributed by atoms with Crippen molar-refractivity contribution >= 4 is 28.4 Å². The highest BCUT2D eigenvalue weighted by Gasteiger charge is 2.36. The van der Waals surface area contributed by atoms with Crippen molar-refractivity contribution in [1.82, 2.24) is 39.5 Å². The SMILES string of the molecule is C=CC(=O)N1CCCC1C(=O)N1CCN(Cc2cc3c(-c4cnn5ncccc45)ccnc3[nH]2)CC1. The lowest BCUT2D eigenvalue weighted by molar-refractivity contribution is -0.143. The summed E-state index contributed by atoms with van der Waals surface area (Å²) >= 11 is 0. The third kappa shape index (κ3) is 3.93. The second-order valence-corrected chi connectivity index (χ2v) is 9.37. The van der Waals surface area contributed by atoms with Crippen LogP contribution in [-0.4, -0.2) is 90.1 Å². The van der Waals surface area contributed by atoms with Crippen LogP contribution in [0.3, 0.4) is 0 Å². The number of hydrogen-bond acceptors (Lipinski definition) is 6. The maximum atomic E-state index is 13.1. The number of H-pyrrole nitrogens is 1. The van der Waals surface area contributed by atoms with E-state index in [4.69, 9.17) is 0 Å². The van der Waals surface area contributed by atoms with Crippen LogP contribution < -0.4 is 0 Å². The van der Waals surface area contributed by atoms with Gasteiger partial charge in [-0.1, -0.05) is 6.58 Å². The fourth-order valence-corrected chi connectivity index (χ4v) is 5.42. The molecular weight excluding hydrogens is 456 g/mol. The molecule has 10 nitrogen and oxygen atoms in total. The molecule has 2 aliphatic heterocycles. The highest BCUT2D eigenvalue weighted by atomic mass is 16.2. The largest absolute Gasteiger partial charge is 0.342 e. The number of aromatic amines is 1. The molecule has 10 heteroatoms. The third-order valence-corrected chi connectivity index (χ3v) is 7.26. The maximum Gasteiger partial charge on any atom is 0.246 e. The van der Waals surface area contributed by atoms with E-state index in [9.17, 15) is 9.59 Å². The summed E-state index contributed by atoms with van der Waals surface area (Å²) in [6.07, 6.45) is 8.26. The summed E-state index contributed by atoms with van der Waals surface area (Å²) in [5, 5.41) is 9.70. The molecule has 36 heavy (non-hydrogen) atoms. The zero-order valence-electron chi connectivity index (χ0n) is 20.0. The molecule has 0 spiro atoms. The summed E-state index contributed by atoms with van der Waals surface area (Å²) in [5.41, 5.74) is 4.95. The molecule has 6 rings (SSSR count). The molecule has 2 saturated heterocycles. The number of nitrogens with one attached hydrogen (secondary N) is 1. The van der Waals surface area contributed by atoms with Crippen LogP contribution in [0.15, 0.2) is 55.5 Å². The van der Waals surface area contributed by atoms with Crippen molar-refractivity contribution in [3.8, 4) is 11.1 Å². The Hall–Kier alpha value is -4.05. The number of amides is 2. The second kappa shape index (κ2) is 9.19. The molecule has 184 valence electrons. The third-order valence-electron chi connectivity index (χ3n) is 7.26. The molecule has 1 N–H and O–H groups in total. The van der Waals surface area contributed by atoms with E-state index in [-0.39, 0.29) is 17.9 Å². The first-order valence-electron chi connectivity index (χ1n) is 12.3. The Balaban J connectivity index is 1.14. The lowest BCUT2D eigenvalue weighted by Crippen LogP contribution is -2.54. The predicted molar refractivity (Wildman–Crippen MR) is 135 cm³/mol. The van der Waals surface area contributed by atoms with Crippen molar-refractivity contribution in [3.63, 3.8) is 0 Å². The van der Waals surface area contributed by atoms with Crippen molar-refractivity contribution in [3.05, 3.63) is 61.2 Å². The molecule has 0 aromatic carbocycles. The Morgan fingerprint density at radius 2 is 1.94 bits per heavy atom. The number of fused-ring (bicyclic) bond motifs is 2. The van der Waals surface area contributed by atoms with Crippen molar-refractivity contribution in [2.75, 3.05) is 32.7 Å². The number of carbonyl (C=O) groups is 2. The topological polar surface area (TPSA) is 103 Å². The lowest BCUT2D eigenvalue weighted by atomic mass is 10.1. The summed E-state index contributed by atoms with van der Waals surface area (Å²) < 4.78 is 1.63. The number of pyridine rings is 1. The fourth-order valence-electron chi connectivity index (χ4n) is 5.42. The molecule has 1 atom stereocenters. The standard InChI is InChI=1S/C26H28N8O2/c1-2-24(35)33-10-4-6-23(33)26(36)32-13-11-31(12-14-32)17-18-15-20-19(7-9-27-25(20)30-18)21-16-29-34-22(21)5-3-8-28-34/h2-3,5,7-9,15-16,23H,1,4,6,10-14,17H2,(H,27,30). The van der Waals surface area contributed by atoms with Gasteiger partial charge in [0.2, 0.25) is 11.8 Å². The average Bonchev–Trinajstić information content (AvgIpc) is 3.66. The maximum absolute atomic E-state index is 13.1. The fraction of sp³-hybridized carbons (Fsp3) is 0.346. The molecule has 0 bridgehead atoms.